The number of halogens is 1. The third-order valence-corrected chi connectivity index (χ3v) is 2.58. The minimum atomic E-state index is 0. The summed E-state index contributed by atoms with van der Waals surface area (Å²) in [6.45, 7) is 2.89. The molecule has 1 heterocycles. The molecule has 2 N–H and O–H groups in total. The van der Waals surface area contributed by atoms with E-state index in [2.05, 4.69) is 25.1 Å². The van der Waals surface area contributed by atoms with Crippen LogP contribution in [0.5, 0.6) is 5.75 Å². The first-order valence-electron chi connectivity index (χ1n) is 4.83. The lowest BCUT2D eigenvalue weighted by Crippen LogP contribution is -2.21. The molecule has 3 heteroatoms. The number of benzene rings is 1. The third-order valence-electron chi connectivity index (χ3n) is 2.58. The van der Waals surface area contributed by atoms with Crippen molar-refractivity contribution in [2.24, 2.45) is 5.73 Å². The number of para-hydroxylation sites is 1. The van der Waals surface area contributed by atoms with Gasteiger partial charge in [-0.3, -0.25) is 0 Å². The molecule has 2 rings (SSSR count). The van der Waals surface area contributed by atoms with Gasteiger partial charge in [0.1, 0.15) is 5.75 Å². The first-order valence-corrected chi connectivity index (χ1v) is 4.83. The highest BCUT2D eigenvalue weighted by molar-refractivity contribution is 5.85. The van der Waals surface area contributed by atoms with Crippen LogP contribution in [0.15, 0.2) is 18.2 Å². The molecule has 1 aromatic carbocycles. The molecule has 1 aliphatic rings. The van der Waals surface area contributed by atoms with Crippen LogP contribution in [-0.2, 0) is 6.42 Å². The predicted octanol–water partition coefficient (Wildman–Crippen LogP) is 2.45. The van der Waals surface area contributed by atoms with E-state index in [9.17, 15) is 0 Å². The van der Waals surface area contributed by atoms with Crippen LogP contribution in [0.1, 0.15) is 30.5 Å². The second kappa shape index (κ2) is 4.67. The van der Waals surface area contributed by atoms with E-state index in [1.54, 1.807) is 0 Å². The smallest absolute Gasteiger partial charge is 0.127 e. The summed E-state index contributed by atoms with van der Waals surface area (Å²) in [7, 11) is 0. The fraction of sp³-hybridized carbons (Fsp3) is 0.455. The fourth-order valence-corrected chi connectivity index (χ4v) is 1.79. The van der Waals surface area contributed by atoms with Crippen molar-refractivity contribution in [1.82, 2.24) is 0 Å². The van der Waals surface area contributed by atoms with Crippen LogP contribution in [-0.4, -0.2) is 6.61 Å². The van der Waals surface area contributed by atoms with Crippen molar-refractivity contribution in [2.45, 2.75) is 25.8 Å². The molecule has 1 aromatic rings. The Morgan fingerprint density at radius 3 is 3.00 bits per heavy atom. The summed E-state index contributed by atoms with van der Waals surface area (Å²) in [6.07, 6.45) is 1.94. The molecule has 0 fully saturated rings. The summed E-state index contributed by atoms with van der Waals surface area (Å²) in [5.41, 5.74) is 8.43. The minimum Gasteiger partial charge on any atom is -0.493 e. The zero-order valence-corrected chi connectivity index (χ0v) is 9.14. The van der Waals surface area contributed by atoms with Crippen molar-refractivity contribution in [2.75, 3.05) is 6.61 Å². The topological polar surface area (TPSA) is 35.2 Å². The van der Waals surface area contributed by atoms with Gasteiger partial charge in [0.05, 0.1) is 6.61 Å². The summed E-state index contributed by atoms with van der Waals surface area (Å²) < 4.78 is 5.64. The van der Waals surface area contributed by atoms with E-state index in [0.717, 1.165) is 25.2 Å². The van der Waals surface area contributed by atoms with Crippen LogP contribution in [0.25, 0.3) is 0 Å². The SMILES string of the molecule is CCc1cccc2c1OCCC2N.Cl. The number of hydrogen-bond donors (Lipinski definition) is 1. The predicted molar refractivity (Wildman–Crippen MR) is 60.1 cm³/mol. The van der Waals surface area contributed by atoms with E-state index in [4.69, 9.17) is 10.5 Å². The molecule has 0 aliphatic carbocycles. The Morgan fingerprint density at radius 2 is 2.29 bits per heavy atom. The molecule has 1 unspecified atom stereocenters. The average molecular weight is 214 g/mol. The van der Waals surface area contributed by atoms with Crippen LogP contribution in [0.3, 0.4) is 0 Å². The van der Waals surface area contributed by atoms with Gasteiger partial charge in [0.15, 0.2) is 0 Å². The maximum atomic E-state index is 5.99. The highest BCUT2D eigenvalue weighted by Crippen LogP contribution is 2.33. The van der Waals surface area contributed by atoms with E-state index in [0.29, 0.717) is 0 Å². The van der Waals surface area contributed by atoms with Crippen LogP contribution in [0, 0.1) is 0 Å². The Balaban J connectivity index is 0.000000980. The van der Waals surface area contributed by atoms with Gasteiger partial charge in [0.2, 0.25) is 0 Å². The summed E-state index contributed by atoms with van der Waals surface area (Å²) in [4.78, 5) is 0. The van der Waals surface area contributed by atoms with Crippen LogP contribution < -0.4 is 10.5 Å². The molecule has 0 spiro atoms. The Hall–Kier alpha value is -0.730. The lowest BCUT2D eigenvalue weighted by molar-refractivity contribution is 0.266. The third kappa shape index (κ3) is 1.86. The van der Waals surface area contributed by atoms with E-state index >= 15 is 0 Å². The van der Waals surface area contributed by atoms with Gasteiger partial charge < -0.3 is 10.5 Å². The quantitative estimate of drug-likeness (QED) is 0.778. The molecule has 0 amide bonds. The van der Waals surface area contributed by atoms with Gasteiger partial charge in [-0.2, -0.15) is 0 Å². The molecule has 14 heavy (non-hydrogen) atoms. The Kier molecular flexibility index (Phi) is 3.78. The number of fused-ring (bicyclic) bond motifs is 1. The van der Waals surface area contributed by atoms with Gasteiger partial charge in [-0.1, -0.05) is 25.1 Å². The van der Waals surface area contributed by atoms with Gasteiger partial charge in [-0.05, 0) is 12.0 Å². The normalized spacial score (nSPS) is 19.1. The van der Waals surface area contributed by atoms with Gasteiger partial charge in [0, 0.05) is 18.0 Å². The molecule has 0 radical (unpaired) electrons. The average Bonchev–Trinajstić information content (AvgIpc) is 2.18. The number of nitrogens with two attached hydrogens (primary N) is 1. The first-order chi connectivity index (χ1) is 6.33. The Labute approximate surface area is 90.9 Å². The fourth-order valence-electron chi connectivity index (χ4n) is 1.79. The zero-order chi connectivity index (χ0) is 9.26. The molecular weight excluding hydrogens is 198 g/mol. The second-order valence-corrected chi connectivity index (χ2v) is 3.43. The highest BCUT2D eigenvalue weighted by atomic mass is 35.5. The number of ether oxygens (including phenoxy) is 1. The largest absolute Gasteiger partial charge is 0.493 e. The van der Waals surface area contributed by atoms with Gasteiger partial charge in [0.25, 0.3) is 0 Å². The summed E-state index contributed by atoms with van der Waals surface area (Å²) in [5.74, 6) is 1.03. The van der Waals surface area contributed by atoms with Crippen LogP contribution in [0.2, 0.25) is 0 Å². The number of hydrogen-bond acceptors (Lipinski definition) is 2. The van der Waals surface area contributed by atoms with Crippen LogP contribution >= 0.6 is 12.4 Å². The minimum absolute atomic E-state index is 0. The lowest BCUT2D eigenvalue weighted by atomic mass is 9.97. The van der Waals surface area contributed by atoms with Crippen molar-refractivity contribution >= 4 is 12.4 Å². The molecular formula is C11H16ClNO. The standard InChI is InChI=1S/C11H15NO.ClH/c1-2-8-4-3-5-9-10(12)6-7-13-11(8)9;/h3-5,10H,2,6-7,12H2,1H3;1H. The highest BCUT2D eigenvalue weighted by Gasteiger charge is 2.19. The molecule has 0 saturated heterocycles. The van der Waals surface area contributed by atoms with Crippen molar-refractivity contribution in [1.29, 1.82) is 0 Å². The number of aryl methyl sites for hydroxylation is 1. The maximum Gasteiger partial charge on any atom is 0.127 e. The van der Waals surface area contributed by atoms with E-state index in [1.165, 1.54) is 11.1 Å². The molecule has 2 nitrogen and oxygen atoms in total. The molecule has 1 aliphatic heterocycles. The van der Waals surface area contributed by atoms with Gasteiger partial charge >= 0.3 is 0 Å². The lowest BCUT2D eigenvalue weighted by Gasteiger charge is -2.24. The van der Waals surface area contributed by atoms with Gasteiger partial charge in [-0.15, -0.1) is 12.4 Å². The van der Waals surface area contributed by atoms with Crippen molar-refractivity contribution < 1.29 is 4.74 Å². The van der Waals surface area contributed by atoms with Crippen LogP contribution in [0.4, 0.5) is 0 Å². The second-order valence-electron chi connectivity index (χ2n) is 3.43. The van der Waals surface area contributed by atoms with Crippen molar-refractivity contribution in [3.05, 3.63) is 29.3 Å². The molecule has 78 valence electrons. The summed E-state index contributed by atoms with van der Waals surface area (Å²) in [6, 6.07) is 6.40. The molecule has 0 saturated carbocycles. The monoisotopic (exact) mass is 213 g/mol. The van der Waals surface area contributed by atoms with E-state index in [-0.39, 0.29) is 18.4 Å². The molecule has 0 bridgehead atoms. The summed E-state index contributed by atoms with van der Waals surface area (Å²) in [5, 5.41) is 0. The molecule has 1 atom stereocenters. The van der Waals surface area contributed by atoms with E-state index < -0.39 is 0 Å². The van der Waals surface area contributed by atoms with E-state index in [1.807, 2.05) is 0 Å². The summed E-state index contributed by atoms with van der Waals surface area (Å²) >= 11 is 0. The number of rotatable bonds is 1. The van der Waals surface area contributed by atoms with Gasteiger partial charge in [-0.25, -0.2) is 0 Å². The Bertz CT molecular complexity index is 314. The van der Waals surface area contributed by atoms with Crippen molar-refractivity contribution in [3.63, 3.8) is 0 Å². The zero-order valence-electron chi connectivity index (χ0n) is 8.32. The maximum absolute atomic E-state index is 5.99. The van der Waals surface area contributed by atoms with Crippen molar-refractivity contribution in [3.8, 4) is 5.75 Å². The first kappa shape index (κ1) is 11.3. The molecule has 0 aromatic heterocycles. The Morgan fingerprint density at radius 1 is 1.50 bits per heavy atom.